The minimum absolute atomic E-state index is 0.260. The van der Waals surface area contributed by atoms with Crippen LogP contribution < -0.4 is 0 Å². The molecular weight excluding hydrogens is 136 g/mol. The molecule has 3 nitrogen and oxygen atoms in total. The fourth-order valence-electron chi connectivity index (χ4n) is 0.154. The van der Waals surface area contributed by atoms with E-state index in [2.05, 4.69) is 0 Å². The average molecular weight is 142 g/mol. The fourth-order valence-corrected chi connectivity index (χ4v) is 0.349. The number of nitro groups is 1. The van der Waals surface area contributed by atoms with Gasteiger partial charge in [-0.05, 0) is 0 Å². The minimum atomic E-state index is -1.23. The van der Waals surface area contributed by atoms with Gasteiger partial charge < -0.3 is 0 Å². The van der Waals surface area contributed by atoms with E-state index in [-0.39, 0.29) is 5.88 Å². The van der Waals surface area contributed by atoms with Crippen molar-refractivity contribution in [2.24, 2.45) is 0 Å². The topological polar surface area (TPSA) is 43.1 Å². The molecule has 0 saturated heterocycles. The first-order valence-corrected chi connectivity index (χ1v) is 2.51. The number of halogens is 2. The third kappa shape index (κ3) is 2.07. The zero-order chi connectivity index (χ0) is 6.57. The Balaban J connectivity index is 3.52. The highest BCUT2D eigenvalue weighted by Gasteiger charge is 2.16. The number of hydrogen-bond donors (Lipinski definition) is 0. The van der Waals surface area contributed by atoms with Gasteiger partial charge in [0.1, 0.15) is 0 Å². The summed E-state index contributed by atoms with van der Waals surface area (Å²) in [6.07, 6.45) is 0. The van der Waals surface area contributed by atoms with Crippen LogP contribution in [0.5, 0.6) is 0 Å². The van der Waals surface area contributed by atoms with E-state index < -0.39 is 17.6 Å². The van der Waals surface area contributed by atoms with Crippen LogP contribution in [0.1, 0.15) is 0 Å². The summed E-state index contributed by atoms with van der Waals surface area (Å²) in [5, 5.41) is 9.64. The monoisotopic (exact) mass is 141 g/mol. The van der Waals surface area contributed by atoms with Crippen molar-refractivity contribution < 1.29 is 9.31 Å². The quantitative estimate of drug-likeness (QED) is 0.332. The molecule has 0 spiro atoms. The number of alkyl halides is 2. The molecule has 0 rings (SSSR count). The van der Waals surface area contributed by atoms with Crippen molar-refractivity contribution in [1.82, 2.24) is 0 Å². The zero-order valence-electron chi connectivity index (χ0n) is 4.01. The van der Waals surface area contributed by atoms with Gasteiger partial charge in [0, 0.05) is 4.92 Å². The Labute approximate surface area is 50.6 Å². The van der Waals surface area contributed by atoms with Crippen LogP contribution in [0.2, 0.25) is 0 Å². The highest BCUT2D eigenvalue weighted by molar-refractivity contribution is 6.18. The van der Waals surface area contributed by atoms with E-state index in [9.17, 15) is 14.5 Å². The molecule has 0 aliphatic heterocycles. The van der Waals surface area contributed by atoms with E-state index in [4.69, 9.17) is 11.6 Å². The van der Waals surface area contributed by atoms with Crippen LogP contribution in [0.4, 0.5) is 4.39 Å². The molecule has 0 aliphatic rings. The molecule has 0 bridgehead atoms. The van der Waals surface area contributed by atoms with Crippen molar-refractivity contribution in [3.8, 4) is 0 Å². The van der Waals surface area contributed by atoms with Gasteiger partial charge in [0.25, 0.3) is 6.04 Å². The van der Waals surface area contributed by atoms with Crippen molar-refractivity contribution in [2.45, 2.75) is 6.04 Å². The van der Waals surface area contributed by atoms with Crippen LogP contribution >= 0.6 is 11.6 Å². The first kappa shape index (κ1) is 7.62. The molecule has 0 radical (unpaired) electrons. The van der Waals surface area contributed by atoms with E-state index in [1.54, 1.807) is 0 Å². The van der Waals surface area contributed by atoms with E-state index in [1.165, 1.54) is 0 Å². The number of nitrogens with zero attached hydrogens (tertiary/aromatic N) is 1. The van der Waals surface area contributed by atoms with Crippen LogP contribution in [0, 0.1) is 10.1 Å². The normalized spacial score (nSPS) is 13.2. The Morgan fingerprint density at radius 3 is 2.38 bits per heavy atom. The maximum Gasteiger partial charge on any atom is 0.254 e. The van der Waals surface area contributed by atoms with Crippen LogP contribution in [0.3, 0.4) is 0 Å². The highest BCUT2D eigenvalue weighted by atomic mass is 35.5. The SMILES string of the molecule is O=[N+]([O-])C(CF)CCl. The average Bonchev–Trinajstić information content (AvgIpc) is 1.69. The van der Waals surface area contributed by atoms with Crippen LogP contribution in [-0.2, 0) is 0 Å². The van der Waals surface area contributed by atoms with Gasteiger partial charge in [-0.3, -0.25) is 10.1 Å². The Morgan fingerprint density at radius 2 is 2.38 bits per heavy atom. The van der Waals surface area contributed by atoms with Gasteiger partial charge in [-0.1, -0.05) is 0 Å². The largest absolute Gasteiger partial charge is 0.264 e. The van der Waals surface area contributed by atoms with Gasteiger partial charge in [0.15, 0.2) is 6.67 Å². The lowest BCUT2D eigenvalue weighted by atomic mass is 10.4. The predicted molar refractivity (Wildman–Crippen MR) is 27.5 cm³/mol. The Hall–Kier alpha value is -0.380. The molecule has 0 aromatic rings. The lowest BCUT2D eigenvalue weighted by molar-refractivity contribution is -0.517. The molecule has 1 unspecified atom stereocenters. The van der Waals surface area contributed by atoms with Gasteiger partial charge >= 0.3 is 0 Å². The lowest BCUT2D eigenvalue weighted by Crippen LogP contribution is -2.23. The smallest absolute Gasteiger partial charge is 0.254 e. The van der Waals surface area contributed by atoms with E-state index in [1.807, 2.05) is 0 Å². The van der Waals surface area contributed by atoms with Crippen molar-refractivity contribution in [2.75, 3.05) is 12.6 Å². The first-order chi connectivity index (χ1) is 3.72. The molecule has 1 atom stereocenters. The van der Waals surface area contributed by atoms with Gasteiger partial charge in [-0.25, -0.2) is 4.39 Å². The van der Waals surface area contributed by atoms with Crippen LogP contribution in [-0.4, -0.2) is 23.5 Å². The molecule has 0 aliphatic carbocycles. The Kier molecular flexibility index (Phi) is 3.43. The second-order valence-electron chi connectivity index (χ2n) is 1.25. The summed E-state index contributed by atoms with van der Waals surface area (Å²) in [6, 6.07) is -1.23. The van der Waals surface area contributed by atoms with Gasteiger partial charge in [-0.15, -0.1) is 11.6 Å². The first-order valence-electron chi connectivity index (χ1n) is 1.97. The summed E-state index contributed by atoms with van der Waals surface area (Å²) in [4.78, 5) is 8.91. The third-order valence-corrected chi connectivity index (χ3v) is 1.01. The molecule has 8 heavy (non-hydrogen) atoms. The molecule has 0 saturated carbocycles. The van der Waals surface area contributed by atoms with Gasteiger partial charge in [0.05, 0.1) is 5.88 Å². The predicted octanol–water partition coefficient (Wildman–Crippen LogP) is 0.840. The number of rotatable bonds is 3. The van der Waals surface area contributed by atoms with E-state index >= 15 is 0 Å². The molecule has 0 aromatic heterocycles. The molecule has 0 aromatic carbocycles. The highest BCUT2D eigenvalue weighted by Crippen LogP contribution is 1.93. The van der Waals surface area contributed by atoms with Crippen molar-refractivity contribution in [3.63, 3.8) is 0 Å². The maximum absolute atomic E-state index is 11.4. The summed E-state index contributed by atoms with van der Waals surface area (Å²) in [7, 11) is 0. The summed E-state index contributed by atoms with van der Waals surface area (Å²) >= 11 is 4.98. The van der Waals surface area contributed by atoms with Gasteiger partial charge in [-0.2, -0.15) is 0 Å². The van der Waals surface area contributed by atoms with E-state index in [0.29, 0.717) is 0 Å². The molecular formula is C3H5ClFNO2. The summed E-state index contributed by atoms with van der Waals surface area (Å²) in [5.74, 6) is -0.260. The standard InChI is InChI=1S/C3H5ClFNO2/c4-1-3(2-5)6(7)8/h3H,1-2H2. The summed E-state index contributed by atoms with van der Waals surface area (Å²) in [6.45, 7) is -0.990. The fraction of sp³-hybridized carbons (Fsp3) is 1.00. The van der Waals surface area contributed by atoms with Crippen LogP contribution in [0.15, 0.2) is 0 Å². The number of hydrogen-bond acceptors (Lipinski definition) is 2. The lowest BCUT2D eigenvalue weighted by Gasteiger charge is -1.96. The molecule has 48 valence electrons. The molecule has 0 amide bonds. The molecule has 0 fully saturated rings. The molecule has 0 heterocycles. The van der Waals surface area contributed by atoms with Crippen molar-refractivity contribution in [3.05, 3.63) is 10.1 Å². The zero-order valence-corrected chi connectivity index (χ0v) is 4.77. The molecule has 0 N–H and O–H groups in total. The third-order valence-electron chi connectivity index (χ3n) is 0.654. The van der Waals surface area contributed by atoms with Crippen molar-refractivity contribution >= 4 is 11.6 Å². The Bertz CT molecular complexity index is 85.4. The minimum Gasteiger partial charge on any atom is -0.264 e. The Morgan fingerprint density at radius 1 is 1.88 bits per heavy atom. The maximum atomic E-state index is 11.4. The summed E-state index contributed by atoms with van der Waals surface area (Å²) < 4.78 is 11.4. The van der Waals surface area contributed by atoms with Crippen LogP contribution in [0.25, 0.3) is 0 Å². The van der Waals surface area contributed by atoms with E-state index in [0.717, 1.165) is 0 Å². The summed E-state index contributed by atoms with van der Waals surface area (Å²) in [5.41, 5.74) is 0. The molecule has 5 heteroatoms. The van der Waals surface area contributed by atoms with Crippen molar-refractivity contribution in [1.29, 1.82) is 0 Å². The second-order valence-corrected chi connectivity index (χ2v) is 1.56. The van der Waals surface area contributed by atoms with Gasteiger partial charge in [0.2, 0.25) is 0 Å². The second kappa shape index (κ2) is 3.60.